The van der Waals surface area contributed by atoms with Crippen LogP contribution in [0.4, 0.5) is 11.4 Å². The van der Waals surface area contributed by atoms with Crippen molar-refractivity contribution < 1.29 is 9.53 Å². The van der Waals surface area contributed by atoms with Crippen LogP contribution >= 0.6 is 0 Å². The molecule has 0 aromatic heterocycles. The molecule has 23 heavy (non-hydrogen) atoms. The van der Waals surface area contributed by atoms with E-state index in [4.69, 9.17) is 10.5 Å². The van der Waals surface area contributed by atoms with E-state index < -0.39 is 0 Å². The van der Waals surface area contributed by atoms with Gasteiger partial charge in [-0.1, -0.05) is 19.9 Å². The summed E-state index contributed by atoms with van der Waals surface area (Å²) in [5.41, 5.74) is 9.12. The molecule has 0 atom stereocenters. The summed E-state index contributed by atoms with van der Waals surface area (Å²) in [6, 6.07) is 6.72. The number of nitrogen functional groups attached to an aromatic ring is 1. The number of carbonyl (C=O) groups excluding carboxylic acids is 1. The summed E-state index contributed by atoms with van der Waals surface area (Å²) in [7, 11) is 0. The Morgan fingerprint density at radius 2 is 2.04 bits per heavy atom. The van der Waals surface area contributed by atoms with Gasteiger partial charge in [0.05, 0.1) is 16.8 Å². The minimum Gasteiger partial charge on any atom is -0.397 e. The third kappa shape index (κ3) is 3.37. The van der Waals surface area contributed by atoms with Crippen molar-refractivity contribution in [1.82, 2.24) is 0 Å². The molecule has 0 amide bonds. The van der Waals surface area contributed by atoms with Gasteiger partial charge in [0.1, 0.15) is 6.29 Å². The Hall–Kier alpha value is -1.55. The molecule has 126 valence electrons. The molecule has 2 aliphatic rings. The van der Waals surface area contributed by atoms with Gasteiger partial charge in [-0.25, -0.2) is 0 Å². The number of anilines is 2. The van der Waals surface area contributed by atoms with Crippen molar-refractivity contribution in [2.75, 3.05) is 30.4 Å². The summed E-state index contributed by atoms with van der Waals surface area (Å²) in [4.78, 5) is 13.8. The molecule has 1 saturated heterocycles. The zero-order chi connectivity index (χ0) is 16.4. The van der Waals surface area contributed by atoms with E-state index in [1.165, 1.54) is 0 Å². The second kappa shape index (κ2) is 6.52. The number of ether oxygens (including phenoxy) is 1. The number of rotatable bonds is 6. The molecule has 0 spiro atoms. The van der Waals surface area contributed by atoms with Crippen LogP contribution in [0.15, 0.2) is 18.2 Å². The molecule has 1 aromatic carbocycles. The zero-order valence-corrected chi connectivity index (χ0v) is 14.3. The third-order valence-electron chi connectivity index (χ3n) is 5.12. The number of benzene rings is 1. The lowest BCUT2D eigenvalue weighted by Crippen LogP contribution is -2.42. The van der Waals surface area contributed by atoms with Crippen molar-refractivity contribution >= 4 is 17.7 Å². The van der Waals surface area contributed by atoms with E-state index in [2.05, 4.69) is 30.9 Å². The minimum atomic E-state index is -0.256. The molecule has 1 saturated carbocycles. The predicted molar refractivity (Wildman–Crippen MR) is 93.9 cm³/mol. The molecule has 1 aromatic rings. The smallest absolute Gasteiger partial charge is 0.130 e. The number of nitrogens with two attached hydrogens (primary N) is 1. The van der Waals surface area contributed by atoms with Crippen LogP contribution in [0.3, 0.4) is 0 Å². The average molecular weight is 316 g/mol. The lowest BCUT2D eigenvalue weighted by Gasteiger charge is -2.38. The first-order chi connectivity index (χ1) is 11.1. The molecule has 1 aliphatic heterocycles. The van der Waals surface area contributed by atoms with Gasteiger partial charge < -0.3 is 20.2 Å². The molecule has 4 nitrogen and oxygen atoms in total. The van der Waals surface area contributed by atoms with Crippen molar-refractivity contribution in [2.24, 2.45) is 5.92 Å². The molecule has 0 unspecified atom stereocenters. The van der Waals surface area contributed by atoms with Gasteiger partial charge in [-0.15, -0.1) is 0 Å². The maximum Gasteiger partial charge on any atom is 0.130 e. The van der Waals surface area contributed by atoms with Gasteiger partial charge in [0.25, 0.3) is 0 Å². The fourth-order valence-electron chi connectivity index (χ4n) is 3.57. The highest BCUT2D eigenvalue weighted by molar-refractivity contribution is 5.77. The Balaban J connectivity index is 1.87. The maximum absolute atomic E-state index is 11.3. The molecule has 1 aliphatic carbocycles. The van der Waals surface area contributed by atoms with E-state index in [1.54, 1.807) is 0 Å². The first-order valence-corrected chi connectivity index (χ1v) is 8.76. The van der Waals surface area contributed by atoms with Crippen molar-refractivity contribution in [1.29, 1.82) is 0 Å². The van der Waals surface area contributed by atoms with Gasteiger partial charge in [0, 0.05) is 25.8 Å². The first kappa shape index (κ1) is 16.3. The Morgan fingerprint density at radius 3 is 2.57 bits per heavy atom. The number of hydrogen-bond acceptors (Lipinski definition) is 4. The predicted octanol–water partition coefficient (Wildman–Crippen LogP) is 3.14. The van der Waals surface area contributed by atoms with Gasteiger partial charge in [-0.05, 0) is 49.3 Å². The van der Waals surface area contributed by atoms with Crippen molar-refractivity contribution in [2.45, 2.75) is 51.0 Å². The largest absolute Gasteiger partial charge is 0.397 e. The second-order valence-corrected chi connectivity index (χ2v) is 7.44. The van der Waals surface area contributed by atoms with Crippen LogP contribution in [-0.4, -0.2) is 32.1 Å². The topological polar surface area (TPSA) is 55.6 Å². The maximum atomic E-state index is 11.3. The molecular formula is C19H28N2O2. The molecule has 2 fully saturated rings. The van der Waals surface area contributed by atoms with Gasteiger partial charge in [-0.2, -0.15) is 0 Å². The van der Waals surface area contributed by atoms with Gasteiger partial charge in [0.2, 0.25) is 0 Å². The molecule has 0 bridgehead atoms. The van der Waals surface area contributed by atoms with Crippen LogP contribution in [0.1, 0.15) is 45.1 Å². The highest BCUT2D eigenvalue weighted by Crippen LogP contribution is 2.47. The van der Waals surface area contributed by atoms with Crippen LogP contribution in [0.2, 0.25) is 0 Å². The summed E-state index contributed by atoms with van der Waals surface area (Å²) in [5, 5.41) is 0. The van der Waals surface area contributed by atoms with E-state index in [1.807, 2.05) is 6.07 Å². The van der Waals surface area contributed by atoms with E-state index in [9.17, 15) is 4.79 Å². The Morgan fingerprint density at radius 1 is 1.35 bits per heavy atom. The minimum absolute atomic E-state index is 0.256. The van der Waals surface area contributed by atoms with Crippen molar-refractivity contribution in [3.05, 3.63) is 23.8 Å². The fraction of sp³-hybridized carbons (Fsp3) is 0.632. The number of hydrogen-bond donors (Lipinski definition) is 1. The summed E-state index contributed by atoms with van der Waals surface area (Å²) in [6.07, 6.45) is 5.08. The monoisotopic (exact) mass is 316 g/mol. The van der Waals surface area contributed by atoms with E-state index in [0.717, 1.165) is 68.7 Å². The lowest BCUT2D eigenvalue weighted by atomic mass is 9.95. The molecule has 2 N–H and O–H groups in total. The van der Waals surface area contributed by atoms with Crippen LogP contribution < -0.4 is 10.6 Å². The van der Waals surface area contributed by atoms with Crippen LogP contribution in [0, 0.1) is 5.92 Å². The summed E-state index contributed by atoms with van der Waals surface area (Å²) in [5.74, 6) is 0.571. The van der Waals surface area contributed by atoms with E-state index in [-0.39, 0.29) is 5.41 Å². The number of nitrogens with zero attached hydrogens (tertiary/aromatic N) is 1. The lowest BCUT2D eigenvalue weighted by molar-refractivity contribution is -0.109. The molecule has 4 heteroatoms. The SMILES string of the molecule is CC(C)CN(c1ccc(C2(C=O)CC2)cc1N)C1CCOCC1. The normalized spacial score (nSPS) is 20.5. The summed E-state index contributed by atoms with van der Waals surface area (Å²) >= 11 is 0. The van der Waals surface area contributed by atoms with Crippen molar-refractivity contribution in [3.63, 3.8) is 0 Å². The summed E-state index contributed by atoms with van der Waals surface area (Å²) < 4.78 is 5.51. The molecular weight excluding hydrogens is 288 g/mol. The average Bonchev–Trinajstić information content (AvgIpc) is 3.35. The van der Waals surface area contributed by atoms with Crippen molar-refractivity contribution in [3.8, 4) is 0 Å². The summed E-state index contributed by atoms with van der Waals surface area (Å²) in [6.45, 7) is 7.12. The fourth-order valence-corrected chi connectivity index (χ4v) is 3.57. The Bertz CT molecular complexity index is 560. The Labute approximate surface area is 139 Å². The van der Waals surface area contributed by atoms with Crippen LogP contribution in [0.25, 0.3) is 0 Å². The molecule has 3 rings (SSSR count). The molecule has 1 heterocycles. The number of carbonyl (C=O) groups is 1. The number of aldehydes is 1. The first-order valence-electron chi connectivity index (χ1n) is 8.76. The zero-order valence-electron chi connectivity index (χ0n) is 14.3. The molecule has 0 radical (unpaired) electrons. The van der Waals surface area contributed by atoms with Gasteiger partial charge >= 0.3 is 0 Å². The van der Waals surface area contributed by atoms with E-state index in [0.29, 0.717) is 12.0 Å². The van der Waals surface area contributed by atoms with Gasteiger partial charge in [-0.3, -0.25) is 0 Å². The second-order valence-electron chi connectivity index (χ2n) is 7.44. The van der Waals surface area contributed by atoms with Crippen LogP contribution in [0.5, 0.6) is 0 Å². The van der Waals surface area contributed by atoms with E-state index >= 15 is 0 Å². The van der Waals surface area contributed by atoms with Gasteiger partial charge in [0.15, 0.2) is 0 Å². The quantitative estimate of drug-likeness (QED) is 0.647. The standard InChI is InChI=1S/C19H28N2O2/c1-14(2)12-21(16-5-9-23-10-6-16)18-4-3-15(11-17(18)20)19(13-22)7-8-19/h3-4,11,13-14,16H,5-10,12,20H2,1-2H3. The highest BCUT2D eigenvalue weighted by Gasteiger charge is 2.44. The highest BCUT2D eigenvalue weighted by atomic mass is 16.5. The van der Waals surface area contributed by atoms with Crippen LogP contribution in [-0.2, 0) is 14.9 Å². The Kier molecular flexibility index (Phi) is 4.62. The third-order valence-corrected chi connectivity index (χ3v) is 5.12.